The van der Waals surface area contributed by atoms with Crippen LogP contribution in [0.2, 0.25) is 0 Å². The summed E-state index contributed by atoms with van der Waals surface area (Å²) >= 11 is 0. The van der Waals surface area contributed by atoms with Crippen LogP contribution in [0.1, 0.15) is 18.4 Å². The fraction of sp³-hybridized carbons (Fsp3) is 0.333. The molecule has 3 rings (SSSR count). The lowest BCUT2D eigenvalue weighted by atomic mass is 10.1. The Morgan fingerprint density at radius 1 is 1.18 bits per heavy atom. The minimum absolute atomic E-state index is 0.321. The summed E-state index contributed by atoms with van der Waals surface area (Å²) in [6, 6.07) is 9.81. The van der Waals surface area contributed by atoms with Gasteiger partial charge in [0.25, 0.3) is 0 Å². The van der Waals surface area contributed by atoms with E-state index in [9.17, 15) is 0 Å². The first-order chi connectivity index (χ1) is 8.17. The smallest absolute Gasteiger partial charge is 0.210 e. The molecular weight excluding hydrogens is 214 g/mol. The number of guanidine groups is 1. The summed E-state index contributed by atoms with van der Waals surface area (Å²) in [5, 5.41) is 2.97. The molecule has 1 aliphatic heterocycles. The zero-order valence-corrected chi connectivity index (χ0v) is 9.43. The second-order valence-electron chi connectivity index (χ2n) is 4.51. The summed E-state index contributed by atoms with van der Waals surface area (Å²) in [5.74, 6) is 0.489. The van der Waals surface area contributed by atoms with E-state index >= 15 is 0 Å². The number of benzene rings is 1. The Bertz CT molecular complexity index is 489. The molecule has 0 saturated heterocycles. The van der Waals surface area contributed by atoms with Gasteiger partial charge in [-0.2, -0.15) is 0 Å². The molecule has 1 unspecified atom stereocenters. The first-order valence-corrected chi connectivity index (χ1v) is 5.74. The van der Waals surface area contributed by atoms with Crippen LogP contribution < -0.4 is 16.8 Å². The van der Waals surface area contributed by atoms with E-state index in [-0.39, 0.29) is 0 Å². The molecule has 17 heavy (non-hydrogen) atoms. The van der Waals surface area contributed by atoms with Gasteiger partial charge in [0.15, 0.2) is 5.96 Å². The first-order valence-electron chi connectivity index (χ1n) is 5.74. The molecular formula is C12H15N5. The Morgan fingerprint density at radius 3 is 2.53 bits per heavy atom. The summed E-state index contributed by atoms with van der Waals surface area (Å²) in [7, 11) is 0. The molecule has 1 fully saturated rings. The van der Waals surface area contributed by atoms with Crippen molar-refractivity contribution in [1.82, 2.24) is 5.32 Å². The molecule has 1 aliphatic carbocycles. The monoisotopic (exact) mass is 229 g/mol. The van der Waals surface area contributed by atoms with Crippen molar-refractivity contribution in [2.45, 2.75) is 18.6 Å². The molecule has 1 heterocycles. The van der Waals surface area contributed by atoms with Crippen molar-refractivity contribution < 1.29 is 0 Å². The van der Waals surface area contributed by atoms with E-state index < -0.39 is 5.79 Å². The van der Waals surface area contributed by atoms with E-state index in [1.54, 1.807) is 0 Å². The molecule has 5 N–H and O–H groups in total. The van der Waals surface area contributed by atoms with Crippen LogP contribution in [0, 0.1) is 5.92 Å². The fourth-order valence-corrected chi connectivity index (χ4v) is 2.00. The van der Waals surface area contributed by atoms with Crippen molar-refractivity contribution >= 4 is 11.8 Å². The molecule has 0 amide bonds. The highest BCUT2D eigenvalue weighted by Gasteiger charge is 2.44. The predicted octanol–water partition coefficient (Wildman–Crippen LogP) is 0.374. The molecule has 0 aromatic heterocycles. The van der Waals surface area contributed by atoms with Gasteiger partial charge >= 0.3 is 0 Å². The normalized spacial score (nSPS) is 28.1. The van der Waals surface area contributed by atoms with Crippen LogP contribution in [0.15, 0.2) is 40.3 Å². The van der Waals surface area contributed by atoms with Gasteiger partial charge in [-0.25, -0.2) is 9.98 Å². The van der Waals surface area contributed by atoms with Gasteiger partial charge in [0.2, 0.25) is 5.79 Å². The Kier molecular flexibility index (Phi) is 2.16. The molecule has 0 bridgehead atoms. The lowest BCUT2D eigenvalue weighted by Crippen LogP contribution is -2.51. The van der Waals surface area contributed by atoms with Crippen LogP contribution in [0.3, 0.4) is 0 Å². The SMILES string of the molecule is NC1=NC(N)(C2CC2)N=C(c2ccccc2)N1. The number of nitrogens with two attached hydrogens (primary N) is 2. The molecule has 1 aromatic carbocycles. The molecule has 88 valence electrons. The maximum atomic E-state index is 6.19. The first kappa shape index (κ1) is 10.3. The summed E-state index contributed by atoms with van der Waals surface area (Å²) in [6.07, 6.45) is 2.14. The number of amidine groups is 1. The second-order valence-corrected chi connectivity index (χ2v) is 4.51. The minimum atomic E-state index is -0.874. The van der Waals surface area contributed by atoms with Crippen molar-refractivity contribution in [2.75, 3.05) is 0 Å². The summed E-state index contributed by atoms with van der Waals surface area (Å²) < 4.78 is 0. The van der Waals surface area contributed by atoms with Crippen molar-refractivity contribution in [3.05, 3.63) is 35.9 Å². The van der Waals surface area contributed by atoms with Crippen molar-refractivity contribution in [3.63, 3.8) is 0 Å². The Balaban J connectivity index is 1.98. The maximum Gasteiger partial charge on any atom is 0.210 e. The van der Waals surface area contributed by atoms with Gasteiger partial charge in [-0.05, 0) is 12.8 Å². The Labute approximate surface area is 99.6 Å². The van der Waals surface area contributed by atoms with Gasteiger partial charge in [0.05, 0.1) is 0 Å². The van der Waals surface area contributed by atoms with Crippen molar-refractivity contribution in [1.29, 1.82) is 0 Å². The van der Waals surface area contributed by atoms with Gasteiger partial charge in [-0.3, -0.25) is 5.73 Å². The van der Waals surface area contributed by atoms with E-state index in [4.69, 9.17) is 11.5 Å². The van der Waals surface area contributed by atoms with Gasteiger partial charge in [0.1, 0.15) is 5.84 Å². The highest BCUT2D eigenvalue weighted by atomic mass is 15.3. The van der Waals surface area contributed by atoms with E-state index in [0.29, 0.717) is 17.7 Å². The van der Waals surface area contributed by atoms with Crippen LogP contribution in [-0.4, -0.2) is 17.6 Å². The zero-order chi connectivity index (χ0) is 11.9. The van der Waals surface area contributed by atoms with Crippen molar-refractivity contribution in [2.24, 2.45) is 27.4 Å². The van der Waals surface area contributed by atoms with E-state index in [1.807, 2.05) is 30.3 Å². The van der Waals surface area contributed by atoms with E-state index in [2.05, 4.69) is 15.3 Å². The average Bonchev–Trinajstić information content (AvgIpc) is 3.13. The second kappa shape index (κ2) is 3.56. The Morgan fingerprint density at radius 2 is 1.88 bits per heavy atom. The summed E-state index contributed by atoms with van der Waals surface area (Å²) in [4.78, 5) is 8.74. The van der Waals surface area contributed by atoms with Gasteiger partial charge < -0.3 is 11.1 Å². The predicted molar refractivity (Wildman–Crippen MR) is 67.4 cm³/mol. The molecule has 2 aliphatic rings. The number of nitrogens with one attached hydrogen (secondary N) is 1. The standard InChI is InChI=1S/C12H15N5/c13-11-15-10(8-4-2-1-3-5-8)16-12(14,17-11)9-6-7-9/h1-5,9H,6-7,14H2,(H3,13,15,16,17). The zero-order valence-electron chi connectivity index (χ0n) is 9.43. The van der Waals surface area contributed by atoms with Crippen LogP contribution in [0.25, 0.3) is 0 Å². The number of rotatable bonds is 2. The topological polar surface area (TPSA) is 88.8 Å². The molecule has 1 saturated carbocycles. The lowest BCUT2D eigenvalue weighted by Gasteiger charge is -2.27. The van der Waals surface area contributed by atoms with Crippen LogP contribution in [0.5, 0.6) is 0 Å². The molecule has 0 spiro atoms. The largest absolute Gasteiger partial charge is 0.370 e. The average molecular weight is 229 g/mol. The lowest BCUT2D eigenvalue weighted by molar-refractivity contribution is 0.401. The third-order valence-electron chi connectivity index (χ3n) is 3.06. The minimum Gasteiger partial charge on any atom is -0.370 e. The number of aliphatic imine (C=N–C) groups is 2. The third kappa shape index (κ3) is 1.89. The highest BCUT2D eigenvalue weighted by molar-refractivity contribution is 6.09. The van der Waals surface area contributed by atoms with Crippen LogP contribution in [-0.2, 0) is 0 Å². The molecule has 1 aromatic rings. The molecule has 0 radical (unpaired) electrons. The highest BCUT2D eigenvalue weighted by Crippen LogP contribution is 2.40. The van der Waals surface area contributed by atoms with Crippen LogP contribution >= 0.6 is 0 Å². The molecule has 5 nitrogen and oxygen atoms in total. The van der Waals surface area contributed by atoms with Crippen LogP contribution in [0.4, 0.5) is 0 Å². The fourth-order valence-electron chi connectivity index (χ4n) is 2.00. The third-order valence-corrected chi connectivity index (χ3v) is 3.06. The van der Waals surface area contributed by atoms with Gasteiger partial charge in [0, 0.05) is 11.5 Å². The summed E-state index contributed by atoms with van der Waals surface area (Å²) in [6.45, 7) is 0. The number of nitrogens with zero attached hydrogens (tertiary/aromatic N) is 2. The maximum absolute atomic E-state index is 6.19. The quantitative estimate of drug-likeness (QED) is 0.684. The molecule has 1 atom stereocenters. The van der Waals surface area contributed by atoms with Gasteiger partial charge in [-0.1, -0.05) is 30.3 Å². The molecule has 5 heteroatoms. The number of hydrogen-bond acceptors (Lipinski definition) is 5. The van der Waals surface area contributed by atoms with E-state index in [0.717, 1.165) is 18.4 Å². The van der Waals surface area contributed by atoms with Gasteiger partial charge in [-0.15, -0.1) is 0 Å². The summed E-state index contributed by atoms with van der Waals surface area (Å²) in [5.41, 5.74) is 12.9. The van der Waals surface area contributed by atoms with E-state index in [1.165, 1.54) is 0 Å². The Hall–Kier alpha value is -1.88. The van der Waals surface area contributed by atoms with Crippen molar-refractivity contribution in [3.8, 4) is 0 Å². The number of hydrogen-bond donors (Lipinski definition) is 3.